The standard InChI is InChI=1S/C11H9N3O3/c15-14(16)9-4-2-1-3-8(9)11-13-12-10(17-11)7-5-6-7/h1-4,7H,5-6H2. The van der Waals surface area contributed by atoms with Gasteiger partial charge in [0.05, 0.1) is 4.92 Å². The molecule has 1 aliphatic carbocycles. The van der Waals surface area contributed by atoms with Gasteiger partial charge in [-0.3, -0.25) is 10.1 Å². The van der Waals surface area contributed by atoms with Crippen molar-refractivity contribution in [3.63, 3.8) is 0 Å². The van der Waals surface area contributed by atoms with Crippen LogP contribution < -0.4 is 0 Å². The van der Waals surface area contributed by atoms with Crippen molar-refractivity contribution in [2.75, 3.05) is 0 Å². The number of hydrogen-bond donors (Lipinski definition) is 0. The molecule has 0 saturated heterocycles. The predicted octanol–water partition coefficient (Wildman–Crippen LogP) is 2.52. The second-order valence-corrected chi connectivity index (χ2v) is 3.99. The van der Waals surface area contributed by atoms with Gasteiger partial charge < -0.3 is 4.42 Å². The van der Waals surface area contributed by atoms with Crippen molar-refractivity contribution in [3.05, 3.63) is 40.3 Å². The molecule has 6 heteroatoms. The Balaban J connectivity index is 2.04. The Kier molecular flexibility index (Phi) is 2.14. The van der Waals surface area contributed by atoms with E-state index in [0.29, 0.717) is 17.4 Å². The molecule has 2 aromatic rings. The van der Waals surface area contributed by atoms with Crippen molar-refractivity contribution in [1.82, 2.24) is 10.2 Å². The first-order valence-electron chi connectivity index (χ1n) is 5.33. The fourth-order valence-corrected chi connectivity index (χ4v) is 1.65. The van der Waals surface area contributed by atoms with Crippen molar-refractivity contribution < 1.29 is 9.34 Å². The van der Waals surface area contributed by atoms with Gasteiger partial charge in [-0.05, 0) is 18.9 Å². The normalized spacial score (nSPS) is 14.8. The van der Waals surface area contributed by atoms with E-state index in [2.05, 4.69) is 10.2 Å². The van der Waals surface area contributed by atoms with Gasteiger partial charge in [0.1, 0.15) is 5.56 Å². The molecular weight excluding hydrogens is 222 g/mol. The van der Waals surface area contributed by atoms with Gasteiger partial charge in [-0.2, -0.15) is 0 Å². The summed E-state index contributed by atoms with van der Waals surface area (Å²) in [6, 6.07) is 6.36. The molecule has 0 atom stereocenters. The minimum Gasteiger partial charge on any atom is -0.420 e. The second kappa shape index (κ2) is 3.65. The number of aromatic nitrogens is 2. The lowest BCUT2D eigenvalue weighted by atomic mass is 10.2. The SMILES string of the molecule is O=[N+]([O-])c1ccccc1-c1nnc(C2CC2)o1. The first-order chi connectivity index (χ1) is 8.25. The summed E-state index contributed by atoms with van der Waals surface area (Å²) in [4.78, 5) is 10.4. The number of para-hydroxylation sites is 1. The molecule has 0 aliphatic heterocycles. The molecule has 1 aromatic heterocycles. The fourth-order valence-electron chi connectivity index (χ4n) is 1.65. The molecule has 1 fully saturated rings. The first-order valence-corrected chi connectivity index (χ1v) is 5.33. The van der Waals surface area contributed by atoms with Crippen molar-refractivity contribution >= 4 is 5.69 Å². The summed E-state index contributed by atoms with van der Waals surface area (Å²) >= 11 is 0. The molecular formula is C11H9N3O3. The van der Waals surface area contributed by atoms with Crippen LogP contribution in [0.25, 0.3) is 11.5 Å². The van der Waals surface area contributed by atoms with Crippen LogP contribution in [-0.4, -0.2) is 15.1 Å². The molecule has 0 radical (unpaired) electrons. The number of nitro groups is 1. The molecule has 0 bridgehead atoms. The lowest BCUT2D eigenvalue weighted by Crippen LogP contribution is -1.91. The van der Waals surface area contributed by atoms with E-state index in [4.69, 9.17) is 4.42 Å². The molecule has 3 rings (SSSR count). The maximum atomic E-state index is 10.9. The van der Waals surface area contributed by atoms with E-state index in [1.165, 1.54) is 6.07 Å². The summed E-state index contributed by atoms with van der Waals surface area (Å²) in [5.41, 5.74) is 0.357. The summed E-state index contributed by atoms with van der Waals surface area (Å²) in [6.07, 6.45) is 2.11. The summed E-state index contributed by atoms with van der Waals surface area (Å²) in [5.74, 6) is 1.15. The van der Waals surface area contributed by atoms with E-state index in [-0.39, 0.29) is 11.6 Å². The molecule has 1 aliphatic rings. The molecule has 0 N–H and O–H groups in total. The Morgan fingerprint density at radius 2 is 2.06 bits per heavy atom. The third-order valence-corrected chi connectivity index (χ3v) is 2.70. The molecule has 0 unspecified atom stereocenters. The molecule has 86 valence electrons. The highest BCUT2D eigenvalue weighted by atomic mass is 16.6. The third kappa shape index (κ3) is 1.77. The van der Waals surface area contributed by atoms with Gasteiger partial charge in [-0.25, -0.2) is 0 Å². The first kappa shape index (κ1) is 9.95. The van der Waals surface area contributed by atoms with Crippen LogP contribution in [0.4, 0.5) is 5.69 Å². The largest absolute Gasteiger partial charge is 0.420 e. The average Bonchev–Trinajstić information content (AvgIpc) is 3.07. The summed E-state index contributed by atoms with van der Waals surface area (Å²) in [5, 5.41) is 18.6. The molecule has 1 heterocycles. The van der Waals surface area contributed by atoms with Gasteiger partial charge in [0, 0.05) is 12.0 Å². The van der Waals surface area contributed by atoms with Crippen LogP contribution in [0.3, 0.4) is 0 Å². The summed E-state index contributed by atoms with van der Waals surface area (Å²) < 4.78 is 5.46. The van der Waals surface area contributed by atoms with Crippen LogP contribution in [0.5, 0.6) is 0 Å². The molecule has 6 nitrogen and oxygen atoms in total. The average molecular weight is 231 g/mol. The Morgan fingerprint density at radius 3 is 2.76 bits per heavy atom. The third-order valence-electron chi connectivity index (χ3n) is 2.70. The van der Waals surface area contributed by atoms with Crippen LogP contribution in [0.15, 0.2) is 28.7 Å². The fraction of sp³-hybridized carbons (Fsp3) is 0.273. The monoisotopic (exact) mass is 231 g/mol. The molecule has 1 saturated carbocycles. The smallest absolute Gasteiger partial charge is 0.282 e. The maximum absolute atomic E-state index is 10.9. The highest BCUT2D eigenvalue weighted by Gasteiger charge is 2.30. The van der Waals surface area contributed by atoms with Crippen LogP contribution >= 0.6 is 0 Å². The van der Waals surface area contributed by atoms with Crippen molar-refractivity contribution in [3.8, 4) is 11.5 Å². The van der Waals surface area contributed by atoms with E-state index in [0.717, 1.165) is 12.8 Å². The molecule has 0 amide bonds. The van der Waals surface area contributed by atoms with Gasteiger partial charge in [0.25, 0.3) is 11.6 Å². The van der Waals surface area contributed by atoms with Gasteiger partial charge in [0.2, 0.25) is 5.89 Å². The minimum absolute atomic E-state index is 0.0153. The zero-order valence-electron chi connectivity index (χ0n) is 8.87. The number of nitro benzene ring substituents is 1. The van der Waals surface area contributed by atoms with E-state index in [9.17, 15) is 10.1 Å². The summed E-state index contributed by atoms with van der Waals surface area (Å²) in [7, 11) is 0. The minimum atomic E-state index is -0.448. The van der Waals surface area contributed by atoms with Crippen molar-refractivity contribution in [2.24, 2.45) is 0 Å². The number of rotatable bonds is 3. The second-order valence-electron chi connectivity index (χ2n) is 3.99. The summed E-state index contributed by atoms with van der Waals surface area (Å²) in [6.45, 7) is 0. The van der Waals surface area contributed by atoms with E-state index in [1.807, 2.05) is 0 Å². The van der Waals surface area contributed by atoms with Crippen molar-refractivity contribution in [1.29, 1.82) is 0 Å². The predicted molar refractivity (Wildman–Crippen MR) is 58.4 cm³/mol. The quantitative estimate of drug-likeness (QED) is 0.598. The van der Waals surface area contributed by atoms with Crippen LogP contribution in [0, 0.1) is 10.1 Å². The van der Waals surface area contributed by atoms with Gasteiger partial charge >= 0.3 is 0 Å². The molecule has 0 spiro atoms. The molecule has 1 aromatic carbocycles. The number of nitrogens with zero attached hydrogens (tertiary/aromatic N) is 3. The Labute approximate surface area is 96.4 Å². The van der Waals surface area contributed by atoms with Crippen LogP contribution in [-0.2, 0) is 0 Å². The lowest BCUT2D eigenvalue weighted by Gasteiger charge is -1.96. The highest BCUT2D eigenvalue weighted by Crippen LogP contribution is 2.40. The van der Waals surface area contributed by atoms with Gasteiger partial charge in [-0.1, -0.05) is 12.1 Å². The Bertz CT molecular complexity index is 575. The Morgan fingerprint density at radius 1 is 1.29 bits per heavy atom. The Hall–Kier alpha value is -2.24. The van der Waals surface area contributed by atoms with E-state index in [1.54, 1.807) is 18.2 Å². The number of benzene rings is 1. The van der Waals surface area contributed by atoms with Crippen molar-refractivity contribution in [2.45, 2.75) is 18.8 Å². The van der Waals surface area contributed by atoms with E-state index >= 15 is 0 Å². The van der Waals surface area contributed by atoms with Gasteiger partial charge in [0.15, 0.2) is 0 Å². The topological polar surface area (TPSA) is 82.1 Å². The molecule has 17 heavy (non-hydrogen) atoms. The number of hydrogen-bond acceptors (Lipinski definition) is 5. The zero-order chi connectivity index (χ0) is 11.8. The van der Waals surface area contributed by atoms with Gasteiger partial charge in [-0.15, -0.1) is 10.2 Å². The van der Waals surface area contributed by atoms with E-state index < -0.39 is 4.92 Å². The van der Waals surface area contributed by atoms with Crippen LogP contribution in [0.1, 0.15) is 24.7 Å². The lowest BCUT2D eigenvalue weighted by molar-refractivity contribution is -0.384. The zero-order valence-corrected chi connectivity index (χ0v) is 8.87. The highest BCUT2D eigenvalue weighted by molar-refractivity contribution is 5.66. The van der Waals surface area contributed by atoms with Crippen LogP contribution in [0.2, 0.25) is 0 Å². The maximum Gasteiger partial charge on any atom is 0.282 e.